The number of aliphatic hydroxyl groups is 1. The van der Waals surface area contributed by atoms with Gasteiger partial charge in [-0.2, -0.15) is 0 Å². The van der Waals surface area contributed by atoms with Crippen molar-refractivity contribution in [2.45, 2.75) is 31.4 Å². The van der Waals surface area contributed by atoms with Crippen LogP contribution in [0.1, 0.15) is 42.5 Å². The number of nitrogens with zero attached hydrogens (tertiary/aromatic N) is 1. The lowest BCUT2D eigenvalue weighted by atomic mass is 9.72. The van der Waals surface area contributed by atoms with E-state index in [1.54, 1.807) is 0 Å². The zero-order chi connectivity index (χ0) is 22.4. The molecule has 3 aromatic rings. The molecule has 4 rings (SSSR count). The molecule has 0 radical (unpaired) electrons. The van der Waals surface area contributed by atoms with Gasteiger partial charge in [-0.05, 0) is 55.5 Å². The van der Waals surface area contributed by atoms with Crippen molar-refractivity contribution in [1.82, 2.24) is 4.90 Å². The third-order valence-corrected chi connectivity index (χ3v) is 6.54. The molecule has 1 N–H and O–H groups in total. The summed E-state index contributed by atoms with van der Waals surface area (Å²) in [7, 11) is 0. The number of carbonyl (C=O) groups excluding carboxylic acids is 1. The van der Waals surface area contributed by atoms with Gasteiger partial charge in [-0.25, -0.2) is 4.79 Å². The van der Waals surface area contributed by atoms with Crippen LogP contribution in [0.4, 0.5) is 0 Å². The zero-order valence-corrected chi connectivity index (χ0v) is 18.6. The lowest BCUT2D eigenvalue weighted by molar-refractivity contribution is -0.151. The Morgan fingerprint density at radius 3 is 1.84 bits per heavy atom. The summed E-state index contributed by atoms with van der Waals surface area (Å²) in [6.07, 6.45) is 1.56. The van der Waals surface area contributed by atoms with Gasteiger partial charge in [-0.15, -0.1) is 0 Å². The normalized spacial score (nSPS) is 16.4. The monoisotopic (exact) mass is 429 g/mol. The highest BCUT2D eigenvalue weighted by Crippen LogP contribution is 2.43. The van der Waals surface area contributed by atoms with Crippen LogP contribution < -0.4 is 0 Å². The molecule has 1 aliphatic rings. The Hall–Kier alpha value is -2.95. The highest BCUT2D eigenvalue weighted by molar-refractivity contribution is 5.77. The first-order valence-corrected chi connectivity index (χ1v) is 11.4. The van der Waals surface area contributed by atoms with Crippen molar-refractivity contribution in [3.8, 4) is 0 Å². The molecule has 0 bridgehead atoms. The second kappa shape index (κ2) is 10.1. The van der Waals surface area contributed by atoms with Crippen LogP contribution in [0.15, 0.2) is 91.0 Å². The number of carbonyl (C=O) groups is 1. The quantitative estimate of drug-likeness (QED) is 0.541. The average molecular weight is 430 g/mol. The maximum atomic E-state index is 12.9. The van der Waals surface area contributed by atoms with E-state index in [4.69, 9.17) is 4.74 Å². The van der Waals surface area contributed by atoms with Gasteiger partial charge < -0.3 is 9.84 Å². The minimum Gasteiger partial charge on any atom is -0.465 e. The topological polar surface area (TPSA) is 49.8 Å². The SMILES string of the molecule is CCOC(=O)C(c1ccccc1)N1CCC(C(O)(c2ccccc2)c2ccccc2)CC1. The molecule has 1 unspecified atom stereocenters. The number of hydrogen-bond acceptors (Lipinski definition) is 4. The molecule has 4 heteroatoms. The standard InChI is InChI=1S/C28H31NO3/c1-2-32-27(30)26(22-12-6-3-7-13-22)29-20-18-25(19-21-29)28(31,23-14-8-4-9-15-23)24-16-10-5-11-17-24/h3-17,25-26,31H,2,18-21H2,1H3. The molecule has 0 saturated carbocycles. The number of rotatable bonds is 7. The number of esters is 1. The Balaban J connectivity index is 1.60. The first-order chi connectivity index (χ1) is 15.6. The van der Waals surface area contributed by atoms with Crippen LogP contribution in [0.2, 0.25) is 0 Å². The molecule has 32 heavy (non-hydrogen) atoms. The zero-order valence-electron chi connectivity index (χ0n) is 18.6. The summed E-state index contributed by atoms with van der Waals surface area (Å²) in [4.78, 5) is 15.0. The number of likely N-dealkylation sites (tertiary alicyclic amines) is 1. The van der Waals surface area contributed by atoms with Crippen LogP contribution in [-0.2, 0) is 15.1 Å². The molecule has 1 saturated heterocycles. The van der Waals surface area contributed by atoms with Crippen LogP contribution >= 0.6 is 0 Å². The van der Waals surface area contributed by atoms with E-state index in [0.29, 0.717) is 19.7 Å². The van der Waals surface area contributed by atoms with E-state index < -0.39 is 11.6 Å². The number of ether oxygens (including phenoxy) is 1. The fourth-order valence-electron chi connectivity index (χ4n) is 4.95. The van der Waals surface area contributed by atoms with E-state index in [-0.39, 0.29) is 11.9 Å². The molecule has 166 valence electrons. The maximum absolute atomic E-state index is 12.9. The smallest absolute Gasteiger partial charge is 0.327 e. The molecule has 1 atom stereocenters. The van der Waals surface area contributed by atoms with Crippen LogP contribution in [0, 0.1) is 5.92 Å². The van der Waals surface area contributed by atoms with Crippen molar-refractivity contribution >= 4 is 5.97 Å². The molecule has 0 aliphatic carbocycles. The summed E-state index contributed by atoms with van der Waals surface area (Å²) in [5.74, 6) is -0.166. The van der Waals surface area contributed by atoms with Crippen LogP contribution in [0.5, 0.6) is 0 Å². The van der Waals surface area contributed by atoms with Gasteiger partial charge in [0.2, 0.25) is 0 Å². The van der Waals surface area contributed by atoms with Crippen LogP contribution in [0.25, 0.3) is 0 Å². The molecule has 1 heterocycles. The second-order valence-electron chi connectivity index (χ2n) is 8.37. The maximum Gasteiger partial charge on any atom is 0.327 e. The van der Waals surface area contributed by atoms with Gasteiger partial charge in [0.15, 0.2) is 0 Å². The third-order valence-electron chi connectivity index (χ3n) is 6.54. The highest BCUT2D eigenvalue weighted by Gasteiger charge is 2.43. The van der Waals surface area contributed by atoms with E-state index in [2.05, 4.69) is 4.90 Å². The van der Waals surface area contributed by atoms with Gasteiger partial charge in [-0.3, -0.25) is 4.90 Å². The molecule has 0 spiro atoms. The van der Waals surface area contributed by atoms with Crippen molar-refractivity contribution in [3.63, 3.8) is 0 Å². The van der Waals surface area contributed by atoms with Gasteiger partial charge in [-0.1, -0.05) is 91.0 Å². The summed E-state index contributed by atoms with van der Waals surface area (Å²) < 4.78 is 5.41. The molecule has 3 aromatic carbocycles. The Labute approximate surface area is 190 Å². The third kappa shape index (κ3) is 4.47. The van der Waals surface area contributed by atoms with E-state index in [1.807, 2.05) is 97.9 Å². The first kappa shape index (κ1) is 22.3. The second-order valence-corrected chi connectivity index (χ2v) is 8.37. The Morgan fingerprint density at radius 1 is 0.906 bits per heavy atom. The Morgan fingerprint density at radius 2 is 1.38 bits per heavy atom. The molecule has 4 nitrogen and oxygen atoms in total. The first-order valence-electron chi connectivity index (χ1n) is 11.4. The van der Waals surface area contributed by atoms with E-state index in [1.165, 1.54) is 0 Å². The van der Waals surface area contributed by atoms with Gasteiger partial charge >= 0.3 is 5.97 Å². The lowest BCUT2D eigenvalue weighted by Gasteiger charge is -2.43. The fourth-order valence-corrected chi connectivity index (χ4v) is 4.95. The van der Waals surface area contributed by atoms with Gasteiger partial charge in [0.25, 0.3) is 0 Å². The number of hydrogen-bond donors (Lipinski definition) is 1. The summed E-state index contributed by atoms with van der Waals surface area (Å²) in [5, 5.41) is 12.1. The minimum absolute atomic E-state index is 0.0437. The van der Waals surface area contributed by atoms with Gasteiger partial charge in [0.1, 0.15) is 11.6 Å². The summed E-state index contributed by atoms with van der Waals surface area (Å²) in [6, 6.07) is 29.3. The lowest BCUT2D eigenvalue weighted by Crippen LogP contribution is -2.46. The van der Waals surface area contributed by atoms with Gasteiger partial charge in [0, 0.05) is 0 Å². The summed E-state index contributed by atoms with van der Waals surface area (Å²) in [5.41, 5.74) is 1.70. The number of benzene rings is 3. The van der Waals surface area contributed by atoms with E-state index >= 15 is 0 Å². The predicted molar refractivity (Wildman–Crippen MR) is 126 cm³/mol. The molecular formula is C28H31NO3. The van der Waals surface area contributed by atoms with E-state index in [9.17, 15) is 9.90 Å². The average Bonchev–Trinajstić information content (AvgIpc) is 2.86. The van der Waals surface area contributed by atoms with Crippen molar-refractivity contribution < 1.29 is 14.6 Å². The van der Waals surface area contributed by atoms with Crippen molar-refractivity contribution in [2.75, 3.05) is 19.7 Å². The number of piperidine rings is 1. The van der Waals surface area contributed by atoms with Crippen molar-refractivity contribution in [1.29, 1.82) is 0 Å². The van der Waals surface area contributed by atoms with Crippen molar-refractivity contribution in [3.05, 3.63) is 108 Å². The van der Waals surface area contributed by atoms with Crippen molar-refractivity contribution in [2.24, 2.45) is 5.92 Å². The fraction of sp³-hybridized carbons (Fsp3) is 0.321. The summed E-state index contributed by atoms with van der Waals surface area (Å²) >= 11 is 0. The summed E-state index contributed by atoms with van der Waals surface area (Å²) in [6.45, 7) is 3.63. The van der Waals surface area contributed by atoms with Crippen LogP contribution in [-0.4, -0.2) is 35.7 Å². The Kier molecular flexibility index (Phi) is 7.03. The Bertz CT molecular complexity index is 943. The predicted octanol–water partition coefficient (Wildman–Crippen LogP) is 4.94. The largest absolute Gasteiger partial charge is 0.465 e. The molecule has 0 aromatic heterocycles. The van der Waals surface area contributed by atoms with Gasteiger partial charge in [0.05, 0.1) is 6.61 Å². The van der Waals surface area contributed by atoms with Crippen LogP contribution in [0.3, 0.4) is 0 Å². The molecular weight excluding hydrogens is 398 g/mol. The molecule has 0 amide bonds. The minimum atomic E-state index is -1.07. The van der Waals surface area contributed by atoms with E-state index in [0.717, 1.165) is 29.5 Å². The highest BCUT2D eigenvalue weighted by atomic mass is 16.5. The molecule has 1 fully saturated rings. The molecule has 1 aliphatic heterocycles.